The molecule has 0 saturated heterocycles. The van der Waals surface area contributed by atoms with Gasteiger partial charge in [0.2, 0.25) is 11.8 Å². The Bertz CT molecular complexity index is 1190. The number of anilines is 1. The highest BCUT2D eigenvalue weighted by atomic mass is 35.5. The minimum atomic E-state index is -3.71. The molecule has 27 heavy (non-hydrogen) atoms. The Balaban J connectivity index is 1.61. The van der Waals surface area contributed by atoms with Crippen molar-refractivity contribution in [2.75, 3.05) is 4.72 Å². The molecule has 0 unspecified atom stereocenters. The summed E-state index contributed by atoms with van der Waals surface area (Å²) in [6.45, 7) is 0. The van der Waals surface area contributed by atoms with Gasteiger partial charge in [-0.15, -0.1) is 21.5 Å². The van der Waals surface area contributed by atoms with Gasteiger partial charge < -0.3 is 4.42 Å². The number of thiophene rings is 1. The van der Waals surface area contributed by atoms with Crippen molar-refractivity contribution in [1.82, 2.24) is 10.2 Å². The average Bonchev–Trinajstić information content (AvgIpc) is 3.32. The molecule has 2 heterocycles. The lowest BCUT2D eigenvalue weighted by Crippen LogP contribution is -2.11. The number of hydrogen-bond donors (Lipinski definition) is 1. The number of sulfonamides is 1. The zero-order valence-electron chi connectivity index (χ0n) is 13.7. The summed E-state index contributed by atoms with van der Waals surface area (Å²) >= 11 is 6.82. The van der Waals surface area contributed by atoms with Crippen LogP contribution in [-0.2, 0) is 10.0 Å². The number of nitrogens with zero attached hydrogens (tertiary/aromatic N) is 2. The first-order valence-electron chi connectivity index (χ1n) is 7.79. The third kappa shape index (κ3) is 3.87. The molecule has 0 aliphatic carbocycles. The molecule has 136 valence electrons. The fourth-order valence-corrected chi connectivity index (χ4v) is 4.93. The predicted octanol–water partition coefficient (Wildman–Crippen LogP) is 4.92. The number of benzene rings is 2. The molecule has 0 saturated carbocycles. The van der Waals surface area contributed by atoms with Crippen molar-refractivity contribution in [2.45, 2.75) is 4.21 Å². The van der Waals surface area contributed by atoms with Crippen LogP contribution in [0.5, 0.6) is 0 Å². The highest BCUT2D eigenvalue weighted by Gasteiger charge is 2.18. The smallest absolute Gasteiger partial charge is 0.271 e. The van der Waals surface area contributed by atoms with Crippen molar-refractivity contribution in [1.29, 1.82) is 0 Å². The molecule has 0 atom stereocenters. The zero-order valence-corrected chi connectivity index (χ0v) is 16.1. The molecule has 0 radical (unpaired) electrons. The summed E-state index contributed by atoms with van der Waals surface area (Å²) in [6.07, 6.45) is 0. The summed E-state index contributed by atoms with van der Waals surface area (Å²) in [4.78, 5) is 0. The van der Waals surface area contributed by atoms with Gasteiger partial charge in [0, 0.05) is 16.8 Å². The normalized spacial score (nSPS) is 11.4. The van der Waals surface area contributed by atoms with Crippen LogP contribution < -0.4 is 4.72 Å². The van der Waals surface area contributed by atoms with Crippen LogP contribution >= 0.6 is 22.9 Å². The Labute approximate surface area is 164 Å². The quantitative estimate of drug-likeness (QED) is 0.498. The SMILES string of the molecule is O=S(=O)(Nc1cccc(-c2nnc(-c3ccccc3)o2)c1)c1ccc(Cl)s1. The van der Waals surface area contributed by atoms with E-state index in [-0.39, 0.29) is 4.21 Å². The maximum absolute atomic E-state index is 12.4. The second-order valence-electron chi connectivity index (χ2n) is 5.52. The zero-order chi connectivity index (χ0) is 18.9. The predicted molar refractivity (Wildman–Crippen MR) is 105 cm³/mol. The van der Waals surface area contributed by atoms with Gasteiger partial charge in [-0.05, 0) is 42.5 Å². The lowest BCUT2D eigenvalue weighted by atomic mass is 10.2. The molecule has 2 aromatic carbocycles. The monoisotopic (exact) mass is 417 g/mol. The van der Waals surface area contributed by atoms with Gasteiger partial charge in [-0.3, -0.25) is 4.72 Å². The summed E-state index contributed by atoms with van der Waals surface area (Å²) in [6, 6.07) is 19.2. The van der Waals surface area contributed by atoms with Crippen LogP contribution in [0.2, 0.25) is 4.34 Å². The fraction of sp³-hybridized carbons (Fsp3) is 0. The van der Waals surface area contributed by atoms with Crippen LogP contribution in [0.15, 0.2) is 75.4 Å². The Kier molecular flexibility index (Phi) is 4.69. The van der Waals surface area contributed by atoms with Crippen molar-refractivity contribution in [3.05, 3.63) is 71.1 Å². The van der Waals surface area contributed by atoms with Crippen molar-refractivity contribution in [2.24, 2.45) is 0 Å². The molecule has 0 amide bonds. The van der Waals surface area contributed by atoms with E-state index in [1.54, 1.807) is 30.3 Å². The lowest BCUT2D eigenvalue weighted by molar-refractivity contribution is 0.584. The second kappa shape index (κ2) is 7.15. The molecule has 1 N–H and O–H groups in total. The van der Waals surface area contributed by atoms with Crippen molar-refractivity contribution in [3.63, 3.8) is 0 Å². The van der Waals surface area contributed by atoms with E-state index < -0.39 is 10.0 Å². The number of aromatic nitrogens is 2. The molecular weight excluding hydrogens is 406 g/mol. The molecule has 0 aliphatic rings. The first-order valence-corrected chi connectivity index (χ1v) is 10.5. The number of halogens is 1. The standard InChI is InChI=1S/C18H12ClN3O3S2/c19-15-9-10-16(26-15)27(23,24)22-14-8-4-7-13(11-14)18-21-20-17(25-18)12-5-2-1-3-6-12/h1-11,22H. The van der Waals surface area contributed by atoms with Gasteiger partial charge in [-0.25, -0.2) is 8.42 Å². The van der Waals surface area contributed by atoms with Crippen LogP contribution in [0.25, 0.3) is 22.9 Å². The van der Waals surface area contributed by atoms with Crippen LogP contribution in [0, 0.1) is 0 Å². The third-order valence-electron chi connectivity index (χ3n) is 3.62. The molecule has 0 aliphatic heterocycles. The summed E-state index contributed by atoms with van der Waals surface area (Å²) in [5, 5.41) is 8.10. The molecule has 0 spiro atoms. The lowest BCUT2D eigenvalue weighted by Gasteiger charge is -2.06. The van der Waals surface area contributed by atoms with Gasteiger partial charge in [-0.1, -0.05) is 35.9 Å². The van der Waals surface area contributed by atoms with Gasteiger partial charge in [0.05, 0.1) is 4.34 Å². The Morgan fingerprint density at radius 2 is 1.59 bits per heavy atom. The molecule has 6 nitrogen and oxygen atoms in total. The molecule has 2 aromatic heterocycles. The summed E-state index contributed by atoms with van der Waals surface area (Å²) in [5.41, 5.74) is 1.80. The highest BCUT2D eigenvalue weighted by Crippen LogP contribution is 2.29. The summed E-state index contributed by atoms with van der Waals surface area (Å²) in [7, 11) is -3.71. The van der Waals surface area contributed by atoms with Crippen molar-refractivity contribution in [3.8, 4) is 22.9 Å². The first kappa shape index (κ1) is 17.7. The largest absolute Gasteiger partial charge is 0.416 e. The number of nitrogens with one attached hydrogen (secondary N) is 1. The van der Waals surface area contributed by atoms with E-state index in [1.807, 2.05) is 30.3 Å². The number of rotatable bonds is 5. The van der Waals surface area contributed by atoms with Crippen LogP contribution in [0.1, 0.15) is 0 Å². The Morgan fingerprint density at radius 3 is 2.30 bits per heavy atom. The second-order valence-corrected chi connectivity index (χ2v) is 9.15. The van der Waals surface area contributed by atoms with Crippen LogP contribution in [0.4, 0.5) is 5.69 Å². The Morgan fingerprint density at radius 1 is 0.889 bits per heavy atom. The summed E-state index contributed by atoms with van der Waals surface area (Å²) in [5.74, 6) is 0.693. The van der Waals surface area contributed by atoms with E-state index in [1.165, 1.54) is 6.07 Å². The maximum atomic E-state index is 12.4. The molecule has 9 heteroatoms. The topological polar surface area (TPSA) is 85.1 Å². The maximum Gasteiger partial charge on any atom is 0.271 e. The van der Waals surface area contributed by atoms with Gasteiger partial charge in [-0.2, -0.15) is 0 Å². The van der Waals surface area contributed by atoms with E-state index in [0.29, 0.717) is 27.4 Å². The Hall–Kier alpha value is -2.68. The molecule has 4 aromatic rings. The molecule has 4 rings (SSSR count). The van der Waals surface area contributed by atoms with E-state index in [2.05, 4.69) is 14.9 Å². The van der Waals surface area contributed by atoms with Gasteiger partial charge in [0.25, 0.3) is 10.0 Å². The minimum absolute atomic E-state index is 0.141. The first-order chi connectivity index (χ1) is 13.0. The molecule has 0 bridgehead atoms. The van der Waals surface area contributed by atoms with Gasteiger partial charge >= 0.3 is 0 Å². The molecular formula is C18H12ClN3O3S2. The minimum Gasteiger partial charge on any atom is -0.416 e. The van der Waals surface area contributed by atoms with Crippen LogP contribution in [0.3, 0.4) is 0 Å². The van der Waals surface area contributed by atoms with Gasteiger partial charge in [0.15, 0.2) is 0 Å². The highest BCUT2D eigenvalue weighted by molar-refractivity contribution is 7.94. The van der Waals surface area contributed by atoms with Crippen LogP contribution in [-0.4, -0.2) is 18.6 Å². The van der Waals surface area contributed by atoms with E-state index in [9.17, 15) is 8.42 Å². The van der Waals surface area contributed by atoms with E-state index in [4.69, 9.17) is 16.0 Å². The van der Waals surface area contributed by atoms with Crippen molar-refractivity contribution >= 4 is 38.6 Å². The molecule has 0 fully saturated rings. The fourth-order valence-electron chi connectivity index (χ4n) is 2.40. The van der Waals surface area contributed by atoms with Crippen molar-refractivity contribution < 1.29 is 12.8 Å². The number of hydrogen-bond acceptors (Lipinski definition) is 6. The summed E-state index contributed by atoms with van der Waals surface area (Å²) < 4.78 is 33.7. The third-order valence-corrected chi connectivity index (χ3v) is 6.73. The average molecular weight is 418 g/mol. The van der Waals surface area contributed by atoms with E-state index in [0.717, 1.165) is 16.9 Å². The van der Waals surface area contributed by atoms with E-state index >= 15 is 0 Å². The van der Waals surface area contributed by atoms with Gasteiger partial charge in [0.1, 0.15) is 4.21 Å².